The van der Waals surface area contributed by atoms with Crippen LogP contribution in [0.15, 0.2) is 36.4 Å². The van der Waals surface area contributed by atoms with Gasteiger partial charge >= 0.3 is 5.97 Å². The molecule has 1 aliphatic heterocycles. The number of hydrogen-bond donors (Lipinski definition) is 2. The van der Waals surface area contributed by atoms with E-state index >= 15 is 0 Å². The molecule has 0 aromatic heterocycles. The van der Waals surface area contributed by atoms with E-state index in [-0.39, 0.29) is 6.42 Å². The molecule has 1 aliphatic rings. The zero-order chi connectivity index (χ0) is 20.3. The zero-order valence-electron chi connectivity index (χ0n) is 16.0. The zero-order valence-corrected chi connectivity index (χ0v) is 16.8. The SMILES string of the molecule is CCc1ccc2c(c1)[C@H](c1cccc(OC)c1OC)O[C@@H](CC(=O)O)C(=S)N2. The lowest BCUT2D eigenvalue weighted by Crippen LogP contribution is -2.30. The molecule has 148 valence electrons. The fraction of sp³-hybridized carbons (Fsp3) is 0.333. The average Bonchev–Trinajstić information content (AvgIpc) is 2.82. The largest absolute Gasteiger partial charge is 0.493 e. The summed E-state index contributed by atoms with van der Waals surface area (Å²) in [6.07, 6.45) is -0.712. The fourth-order valence-electron chi connectivity index (χ4n) is 3.33. The maximum absolute atomic E-state index is 11.4. The molecule has 2 aromatic carbocycles. The quantitative estimate of drug-likeness (QED) is 0.709. The van der Waals surface area contributed by atoms with Gasteiger partial charge in [-0.05, 0) is 24.1 Å². The van der Waals surface area contributed by atoms with Gasteiger partial charge in [-0.15, -0.1) is 0 Å². The van der Waals surface area contributed by atoms with Gasteiger partial charge < -0.3 is 24.6 Å². The van der Waals surface area contributed by atoms with E-state index in [0.29, 0.717) is 16.5 Å². The predicted octanol–water partition coefficient (Wildman–Crippen LogP) is 3.97. The first-order valence-electron chi connectivity index (χ1n) is 9.00. The maximum atomic E-state index is 11.4. The second-order valence-electron chi connectivity index (χ2n) is 6.45. The van der Waals surface area contributed by atoms with Crippen LogP contribution in [0.4, 0.5) is 5.69 Å². The van der Waals surface area contributed by atoms with Crippen LogP contribution in [0.1, 0.15) is 36.1 Å². The molecule has 28 heavy (non-hydrogen) atoms. The molecular formula is C21H23NO5S. The molecule has 0 bridgehead atoms. The van der Waals surface area contributed by atoms with Crippen LogP contribution < -0.4 is 14.8 Å². The third kappa shape index (κ3) is 3.95. The Morgan fingerprint density at radius 2 is 2.00 bits per heavy atom. The highest BCUT2D eigenvalue weighted by Crippen LogP contribution is 2.43. The number of fused-ring (bicyclic) bond motifs is 1. The van der Waals surface area contributed by atoms with E-state index in [1.807, 2.05) is 24.3 Å². The summed E-state index contributed by atoms with van der Waals surface area (Å²) in [5, 5.41) is 12.5. The first-order chi connectivity index (χ1) is 13.5. The highest BCUT2D eigenvalue weighted by molar-refractivity contribution is 7.80. The van der Waals surface area contributed by atoms with Crippen LogP contribution in [0, 0.1) is 0 Å². The Kier molecular flexibility index (Phi) is 6.16. The maximum Gasteiger partial charge on any atom is 0.306 e. The molecule has 6 nitrogen and oxygen atoms in total. The molecule has 2 N–H and O–H groups in total. The number of ether oxygens (including phenoxy) is 3. The summed E-state index contributed by atoms with van der Waals surface area (Å²) in [7, 11) is 3.14. The van der Waals surface area contributed by atoms with Gasteiger partial charge in [-0.25, -0.2) is 0 Å². The van der Waals surface area contributed by atoms with Crippen LogP contribution >= 0.6 is 12.2 Å². The van der Waals surface area contributed by atoms with Gasteiger partial charge in [0.05, 0.1) is 20.6 Å². The number of aliphatic carboxylic acids is 1. The minimum absolute atomic E-state index is 0.233. The van der Waals surface area contributed by atoms with Gasteiger partial charge in [0, 0.05) is 16.8 Å². The Morgan fingerprint density at radius 3 is 2.64 bits per heavy atom. The molecule has 0 unspecified atom stereocenters. The molecule has 0 saturated carbocycles. The number of thiocarbonyl (C=S) groups is 1. The van der Waals surface area contributed by atoms with Gasteiger partial charge in [-0.1, -0.05) is 43.4 Å². The van der Waals surface area contributed by atoms with Crippen LogP contribution in [0.25, 0.3) is 0 Å². The smallest absolute Gasteiger partial charge is 0.306 e. The van der Waals surface area contributed by atoms with Gasteiger partial charge in [-0.2, -0.15) is 0 Å². The molecule has 3 rings (SSSR count). The molecule has 2 atom stereocenters. The lowest BCUT2D eigenvalue weighted by molar-refractivity contribution is -0.139. The Bertz CT molecular complexity index is 898. The summed E-state index contributed by atoms with van der Waals surface area (Å²) >= 11 is 5.43. The van der Waals surface area contributed by atoms with E-state index in [4.69, 9.17) is 26.4 Å². The molecule has 0 amide bonds. The van der Waals surface area contributed by atoms with Crippen molar-refractivity contribution in [3.05, 3.63) is 53.1 Å². The van der Waals surface area contributed by atoms with Crippen LogP contribution in [-0.2, 0) is 16.0 Å². The van der Waals surface area contributed by atoms with E-state index in [1.165, 1.54) is 0 Å². The number of nitrogens with one attached hydrogen (secondary N) is 1. The monoisotopic (exact) mass is 401 g/mol. The van der Waals surface area contributed by atoms with Crippen molar-refractivity contribution in [2.45, 2.75) is 32.0 Å². The highest BCUT2D eigenvalue weighted by Gasteiger charge is 2.33. The first kappa shape index (κ1) is 20.1. The Morgan fingerprint density at radius 1 is 1.21 bits per heavy atom. The van der Waals surface area contributed by atoms with Gasteiger partial charge in [-0.3, -0.25) is 4.79 Å². The topological polar surface area (TPSA) is 77.0 Å². The molecule has 7 heteroatoms. The number of hydrogen-bond acceptors (Lipinski definition) is 5. The highest BCUT2D eigenvalue weighted by atomic mass is 32.1. The number of anilines is 1. The fourth-order valence-corrected chi connectivity index (χ4v) is 3.58. The number of carboxylic acids is 1. The van der Waals surface area contributed by atoms with Gasteiger partial charge in [0.2, 0.25) is 0 Å². The van der Waals surface area contributed by atoms with Crippen LogP contribution in [0.2, 0.25) is 0 Å². The Hall–Kier alpha value is -2.64. The van der Waals surface area contributed by atoms with E-state index in [0.717, 1.165) is 28.8 Å². The van der Waals surface area contributed by atoms with Gasteiger partial charge in [0.1, 0.15) is 17.2 Å². The molecule has 0 fully saturated rings. The Labute approximate surface area is 169 Å². The van der Waals surface area contributed by atoms with Crippen molar-refractivity contribution in [3.63, 3.8) is 0 Å². The summed E-state index contributed by atoms with van der Waals surface area (Å²) in [5.41, 5.74) is 3.56. The van der Waals surface area contributed by atoms with Crippen LogP contribution in [-0.4, -0.2) is 36.4 Å². The van der Waals surface area contributed by atoms with Crippen molar-refractivity contribution in [2.24, 2.45) is 0 Å². The second kappa shape index (κ2) is 8.58. The van der Waals surface area contributed by atoms with Crippen molar-refractivity contribution < 1.29 is 24.1 Å². The number of rotatable bonds is 6. The number of para-hydroxylation sites is 1. The van der Waals surface area contributed by atoms with Crippen molar-refractivity contribution >= 4 is 28.9 Å². The summed E-state index contributed by atoms with van der Waals surface area (Å²) in [6.45, 7) is 2.08. The molecule has 0 saturated heterocycles. The van der Waals surface area contributed by atoms with Crippen LogP contribution in [0.5, 0.6) is 11.5 Å². The first-order valence-corrected chi connectivity index (χ1v) is 9.41. The number of aryl methyl sites for hydroxylation is 1. The van der Waals surface area contributed by atoms with E-state index < -0.39 is 18.2 Å². The van der Waals surface area contributed by atoms with Crippen molar-refractivity contribution in [1.82, 2.24) is 0 Å². The molecule has 0 radical (unpaired) electrons. The summed E-state index contributed by atoms with van der Waals surface area (Å²) in [4.78, 5) is 11.7. The van der Waals surface area contributed by atoms with Gasteiger partial charge in [0.15, 0.2) is 11.5 Å². The standard InChI is InChI=1S/C21H23NO5S/c1-4-12-8-9-15-14(10-12)19(27-17(11-18(23)24)21(28)22-15)13-6-5-7-16(25-2)20(13)26-3/h5-10,17,19H,4,11H2,1-3H3,(H,22,28)(H,23,24)/t17-,19-/m0/s1. The lowest BCUT2D eigenvalue weighted by Gasteiger charge is -2.24. The van der Waals surface area contributed by atoms with Crippen LogP contribution in [0.3, 0.4) is 0 Å². The minimum atomic E-state index is -0.981. The average molecular weight is 401 g/mol. The predicted molar refractivity (Wildman–Crippen MR) is 111 cm³/mol. The van der Waals surface area contributed by atoms with Crippen molar-refractivity contribution in [1.29, 1.82) is 0 Å². The molecule has 0 spiro atoms. The third-order valence-corrected chi connectivity index (χ3v) is 5.10. The number of carboxylic acid groups (broad SMARTS) is 1. The summed E-state index contributed by atoms with van der Waals surface area (Å²) in [5.74, 6) is 0.141. The summed E-state index contributed by atoms with van der Waals surface area (Å²) < 4.78 is 17.3. The lowest BCUT2D eigenvalue weighted by atomic mass is 9.96. The van der Waals surface area contributed by atoms with Crippen molar-refractivity contribution in [2.75, 3.05) is 19.5 Å². The molecular weight excluding hydrogens is 378 g/mol. The molecule has 2 aromatic rings. The third-order valence-electron chi connectivity index (χ3n) is 4.73. The number of methoxy groups -OCH3 is 2. The van der Waals surface area contributed by atoms with Gasteiger partial charge in [0.25, 0.3) is 0 Å². The minimum Gasteiger partial charge on any atom is -0.493 e. The second-order valence-corrected chi connectivity index (χ2v) is 6.89. The van der Waals surface area contributed by atoms with E-state index in [2.05, 4.69) is 18.3 Å². The number of benzene rings is 2. The number of carbonyl (C=O) groups is 1. The molecule has 0 aliphatic carbocycles. The van der Waals surface area contributed by atoms with E-state index in [9.17, 15) is 9.90 Å². The van der Waals surface area contributed by atoms with E-state index in [1.54, 1.807) is 20.3 Å². The molecule has 1 heterocycles. The Balaban J connectivity index is 2.18. The normalized spacial score (nSPS) is 18.6. The van der Waals surface area contributed by atoms with Crippen molar-refractivity contribution in [3.8, 4) is 11.5 Å². The summed E-state index contributed by atoms with van der Waals surface area (Å²) in [6, 6.07) is 11.6.